The predicted octanol–water partition coefficient (Wildman–Crippen LogP) is -0.328. The largest absolute Gasteiger partial charge is 0.394 e. The van der Waals surface area contributed by atoms with E-state index < -0.39 is 5.54 Å². The van der Waals surface area contributed by atoms with Gasteiger partial charge in [-0.25, -0.2) is 0 Å². The van der Waals surface area contributed by atoms with Crippen LogP contribution in [0.5, 0.6) is 0 Å². The SMILES string of the molecule is CCCOCN(C)C(CO)(CO)COC. The smallest absolute Gasteiger partial charge is 0.0994 e. The number of likely N-dealkylation sites (N-methyl/N-ethyl adjacent to an activating group) is 1. The van der Waals surface area contributed by atoms with Crippen molar-refractivity contribution in [3.05, 3.63) is 0 Å². The first kappa shape index (κ1) is 14.8. The third-order valence-corrected chi connectivity index (χ3v) is 2.44. The Balaban J connectivity index is 4.19. The van der Waals surface area contributed by atoms with Crippen LogP contribution in [0.25, 0.3) is 0 Å². The van der Waals surface area contributed by atoms with Crippen LogP contribution < -0.4 is 0 Å². The van der Waals surface area contributed by atoms with Gasteiger partial charge in [-0.15, -0.1) is 0 Å². The van der Waals surface area contributed by atoms with E-state index in [1.165, 1.54) is 0 Å². The highest BCUT2D eigenvalue weighted by Crippen LogP contribution is 2.13. The van der Waals surface area contributed by atoms with Gasteiger partial charge < -0.3 is 19.7 Å². The van der Waals surface area contributed by atoms with Crippen molar-refractivity contribution in [1.29, 1.82) is 0 Å². The van der Waals surface area contributed by atoms with Crippen molar-refractivity contribution in [2.75, 3.05) is 47.3 Å². The Morgan fingerprint density at radius 3 is 2.27 bits per heavy atom. The van der Waals surface area contributed by atoms with Crippen LogP contribution in [-0.2, 0) is 9.47 Å². The minimum absolute atomic E-state index is 0.163. The van der Waals surface area contributed by atoms with Gasteiger partial charge in [-0.3, -0.25) is 4.90 Å². The van der Waals surface area contributed by atoms with Crippen LogP contribution in [0.1, 0.15) is 13.3 Å². The second kappa shape index (κ2) is 8.01. The lowest BCUT2D eigenvalue weighted by molar-refractivity contribution is -0.0927. The van der Waals surface area contributed by atoms with E-state index in [0.29, 0.717) is 13.3 Å². The van der Waals surface area contributed by atoms with E-state index in [0.717, 1.165) is 6.42 Å². The fraction of sp³-hybridized carbons (Fsp3) is 1.00. The molecule has 0 atom stereocenters. The molecule has 0 heterocycles. The maximum atomic E-state index is 9.30. The molecule has 5 heteroatoms. The van der Waals surface area contributed by atoms with E-state index in [1.807, 2.05) is 6.92 Å². The van der Waals surface area contributed by atoms with Gasteiger partial charge in [0.05, 0.1) is 32.1 Å². The normalized spacial score (nSPS) is 12.4. The van der Waals surface area contributed by atoms with Crippen LogP contribution in [0, 0.1) is 0 Å². The maximum Gasteiger partial charge on any atom is 0.0994 e. The molecular formula is C10H23NO4. The summed E-state index contributed by atoms with van der Waals surface area (Å²) in [6.45, 7) is 3.02. The molecule has 2 N–H and O–H groups in total. The van der Waals surface area contributed by atoms with Crippen molar-refractivity contribution in [2.24, 2.45) is 0 Å². The summed E-state index contributed by atoms with van der Waals surface area (Å²) in [5.41, 5.74) is -0.761. The molecule has 0 aromatic rings. The Hall–Kier alpha value is -0.200. The van der Waals surface area contributed by atoms with E-state index in [9.17, 15) is 10.2 Å². The van der Waals surface area contributed by atoms with Gasteiger partial charge in [-0.1, -0.05) is 6.92 Å². The first-order chi connectivity index (χ1) is 7.16. The molecule has 0 saturated heterocycles. The van der Waals surface area contributed by atoms with Crippen LogP contribution in [0.2, 0.25) is 0 Å². The zero-order chi connectivity index (χ0) is 11.7. The lowest BCUT2D eigenvalue weighted by Gasteiger charge is -2.38. The minimum Gasteiger partial charge on any atom is -0.394 e. The van der Waals surface area contributed by atoms with Gasteiger partial charge >= 0.3 is 0 Å². The first-order valence-electron chi connectivity index (χ1n) is 5.16. The van der Waals surface area contributed by atoms with Gasteiger partial charge in [0.2, 0.25) is 0 Å². The molecule has 0 unspecified atom stereocenters. The quantitative estimate of drug-likeness (QED) is 0.412. The molecule has 0 rings (SSSR count). The number of aliphatic hydroxyl groups is 2. The molecule has 0 spiro atoms. The van der Waals surface area contributed by atoms with Crippen molar-refractivity contribution in [3.8, 4) is 0 Å². The number of ether oxygens (including phenoxy) is 2. The Morgan fingerprint density at radius 1 is 1.27 bits per heavy atom. The number of hydrogen-bond donors (Lipinski definition) is 2. The van der Waals surface area contributed by atoms with Crippen molar-refractivity contribution in [3.63, 3.8) is 0 Å². The fourth-order valence-electron chi connectivity index (χ4n) is 1.24. The number of nitrogens with zero attached hydrogens (tertiary/aromatic N) is 1. The molecule has 0 radical (unpaired) electrons. The fourth-order valence-corrected chi connectivity index (χ4v) is 1.24. The van der Waals surface area contributed by atoms with Crippen LogP contribution >= 0.6 is 0 Å². The summed E-state index contributed by atoms with van der Waals surface area (Å²) in [6.07, 6.45) is 0.948. The molecule has 92 valence electrons. The molecule has 0 saturated carbocycles. The molecular weight excluding hydrogens is 198 g/mol. The van der Waals surface area contributed by atoms with E-state index in [-0.39, 0.29) is 19.8 Å². The van der Waals surface area contributed by atoms with Gasteiger partial charge in [0, 0.05) is 13.7 Å². The van der Waals surface area contributed by atoms with Crippen LogP contribution in [0.3, 0.4) is 0 Å². The highest BCUT2D eigenvalue weighted by Gasteiger charge is 2.33. The molecule has 5 nitrogen and oxygen atoms in total. The molecule has 0 aliphatic rings. The zero-order valence-corrected chi connectivity index (χ0v) is 9.90. The Morgan fingerprint density at radius 2 is 1.87 bits per heavy atom. The predicted molar refractivity (Wildman–Crippen MR) is 57.7 cm³/mol. The van der Waals surface area contributed by atoms with E-state index in [4.69, 9.17) is 9.47 Å². The topological polar surface area (TPSA) is 62.2 Å². The summed E-state index contributed by atoms with van der Waals surface area (Å²) in [5, 5.41) is 18.6. The van der Waals surface area contributed by atoms with Gasteiger partial charge in [0.15, 0.2) is 0 Å². The minimum atomic E-state index is -0.761. The summed E-state index contributed by atoms with van der Waals surface area (Å²) in [5.74, 6) is 0. The molecule has 0 aliphatic heterocycles. The van der Waals surface area contributed by atoms with E-state index in [1.54, 1.807) is 19.1 Å². The van der Waals surface area contributed by atoms with Gasteiger partial charge in [0.25, 0.3) is 0 Å². The third-order valence-electron chi connectivity index (χ3n) is 2.44. The standard InChI is InChI=1S/C10H23NO4/c1-4-5-15-9-11(2)10(6-12,7-13)8-14-3/h12-13H,4-9H2,1-3H3. The van der Waals surface area contributed by atoms with Crippen LogP contribution in [0.4, 0.5) is 0 Å². The molecule has 0 aliphatic carbocycles. The first-order valence-corrected chi connectivity index (χ1v) is 5.16. The summed E-state index contributed by atoms with van der Waals surface area (Å²) < 4.78 is 10.3. The Bertz CT molecular complexity index is 150. The maximum absolute atomic E-state index is 9.30. The molecule has 0 aromatic heterocycles. The molecule has 15 heavy (non-hydrogen) atoms. The summed E-state index contributed by atoms with van der Waals surface area (Å²) in [7, 11) is 3.34. The summed E-state index contributed by atoms with van der Waals surface area (Å²) in [4.78, 5) is 1.77. The molecule has 0 amide bonds. The number of methoxy groups -OCH3 is 1. The number of hydrogen-bond acceptors (Lipinski definition) is 5. The average molecular weight is 221 g/mol. The lowest BCUT2D eigenvalue weighted by Crippen LogP contribution is -2.56. The Labute approximate surface area is 91.6 Å². The average Bonchev–Trinajstić information content (AvgIpc) is 2.26. The van der Waals surface area contributed by atoms with Crippen molar-refractivity contribution in [1.82, 2.24) is 4.90 Å². The van der Waals surface area contributed by atoms with Crippen LogP contribution in [-0.4, -0.2) is 68.0 Å². The third kappa shape index (κ3) is 4.44. The van der Waals surface area contributed by atoms with Crippen molar-refractivity contribution < 1.29 is 19.7 Å². The molecule has 0 aromatic carbocycles. The summed E-state index contributed by atoms with van der Waals surface area (Å²) in [6, 6.07) is 0. The van der Waals surface area contributed by atoms with Gasteiger partial charge in [0.1, 0.15) is 0 Å². The monoisotopic (exact) mass is 221 g/mol. The zero-order valence-electron chi connectivity index (χ0n) is 9.90. The van der Waals surface area contributed by atoms with Gasteiger partial charge in [-0.2, -0.15) is 0 Å². The van der Waals surface area contributed by atoms with Crippen molar-refractivity contribution in [2.45, 2.75) is 18.9 Å². The van der Waals surface area contributed by atoms with Crippen LogP contribution in [0.15, 0.2) is 0 Å². The highest BCUT2D eigenvalue weighted by molar-refractivity contribution is 4.87. The Kier molecular flexibility index (Phi) is 7.90. The van der Waals surface area contributed by atoms with Gasteiger partial charge in [-0.05, 0) is 13.5 Å². The van der Waals surface area contributed by atoms with E-state index >= 15 is 0 Å². The van der Waals surface area contributed by atoms with Crippen molar-refractivity contribution >= 4 is 0 Å². The number of rotatable bonds is 9. The molecule has 0 fully saturated rings. The lowest BCUT2D eigenvalue weighted by atomic mass is 10.0. The summed E-state index contributed by atoms with van der Waals surface area (Å²) >= 11 is 0. The van der Waals surface area contributed by atoms with E-state index in [2.05, 4.69) is 0 Å². The second-order valence-electron chi connectivity index (χ2n) is 3.71. The molecule has 0 bridgehead atoms. The second-order valence-corrected chi connectivity index (χ2v) is 3.71. The highest BCUT2D eigenvalue weighted by atomic mass is 16.5. The number of aliphatic hydroxyl groups excluding tert-OH is 2.